The smallest absolute Gasteiger partial charge is 0.253 e. The summed E-state index contributed by atoms with van der Waals surface area (Å²) in [5, 5.41) is 0. The Kier molecular flexibility index (Phi) is 3.50. The standard InChI is InChI=1S/C16H21FN2O/c1-10-5-6-11(7-14(10)17)16(20)19-8-12-3-2-4-15(18)13(12)9-19/h5-7,12-13,15H,2-4,8-9,18H2,1H3. The van der Waals surface area contributed by atoms with Gasteiger partial charge in [-0.25, -0.2) is 4.39 Å². The van der Waals surface area contributed by atoms with E-state index in [-0.39, 0.29) is 17.8 Å². The molecule has 3 unspecified atom stereocenters. The number of nitrogens with zero attached hydrogens (tertiary/aromatic N) is 1. The maximum Gasteiger partial charge on any atom is 0.253 e. The van der Waals surface area contributed by atoms with Crippen molar-refractivity contribution in [2.24, 2.45) is 17.6 Å². The maximum absolute atomic E-state index is 13.6. The van der Waals surface area contributed by atoms with Gasteiger partial charge in [-0.05, 0) is 49.3 Å². The molecule has 4 heteroatoms. The molecule has 1 aromatic carbocycles. The van der Waals surface area contributed by atoms with E-state index in [1.165, 1.54) is 6.07 Å². The number of benzene rings is 1. The Labute approximate surface area is 118 Å². The second-order valence-electron chi connectivity index (χ2n) is 6.19. The van der Waals surface area contributed by atoms with Gasteiger partial charge in [-0.1, -0.05) is 12.5 Å². The molecule has 3 nitrogen and oxygen atoms in total. The summed E-state index contributed by atoms with van der Waals surface area (Å²) in [5.41, 5.74) is 7.18. The number of hydrogen-bond acceptors (Lipinski definition) is 2. The van der Waals surface area contributed by atoms with Gasteiger partial charge in [0.2, 0.25) is 0 Å². The van der Waals surface area contributed by atoms with Gasteiger partial charge in [0.25, 0.3) is 5.91 Å². The van der Waals surface area contributed by atoms with E-state index in [0.717, 1.165) is 32.4 Å². The van der Waals surface area contributed by atoms with Gasteiger partial charge in [0.1, 0.15) is 5.82 Å². The van der Waals surface area contributed by atoms with E-state index in [0.29, 0.717) is 23.0 Å². The Bertz CT molecular complexity index is 531. The number of likely N-dealkylation sites (tertiary alicyclic amines) is 1. The molecular weight excluding hydrogens is 255 g/mol. The van der Waals surface area contributed by atoms with E-state index in [4.69, 9.17) is 5.73 Å². The molecule has 1 heterocycles. The fraction of sp³-hybridized carbons (Fsp3) is 0.562. The summed E-state index contributed by atoms with van der Waals surface area (Å²) in [6, 6.07) is 4.93. The minimum atomic E-state index is -0.316. The van der Waals surface area contributed by atoms with E-state index < -0.39 is 0 Å². The molecular formula is C16H21FN2O. The lowest BCUT2D eigenvalue weighted by Gasteiger charge is -2.29. The van der Waals surface area contributed by atoms with Crippen molar-refractivity contribution in [3.63, 3.8) is 0 Å². The van der Waals surface area contributed by atoms with Crippen molar-refractivity contribution in [2.45, 2.75) is 32.2 Å². The van der Waals surface area contributed by atoms with Crippen LogP contribution in [0, 0.1) is 24.6 Å². The maximum atomic E-state index is 13.6. The highest BCUT2D eigenvalue weighted by Gasteiger charge is 2.40. The zero-order valence-electron chi connectivity index (χ0n) is 11.8. The zero-order chi connectivity index (χ0) is 14.3. The lowest BCUT2D eigenvalue weighted by atomic mass is 9.78. The van der Waals surface area contributed by atoms with E-state index in [1.807, 2.05) is 4.90 Å². The summed E-state index contributed by atoms with van der Waals surface area (Å²) in [6.07, 6.45) is 3.37. The molecule has 0 radical (unpaired) electrons. The van der Waals surface area contributed by atoms with Crippen LogP contribution in [0.25, 0.3) is 0 Å². The largest absolute Gasteiger partial charge is 0.338 e. The molecule has 1 saturated carbocycles. The molecule has 2 aliphatic rings. The minimum absolute atomic E-state index is 0.0644. The fourth-order valence-electron chi connectivity index (χ4n) is 3.59. The van der Waals surface area contributed by atoms with Gasteiger partial charge in [0.15, 0.2) is 0 Å². The van der Waals surface area contributed by atoms with Gasteiger partial charge >= 0.3 is 0 Å². The van der Waals surface area contributed by atoms with Crippen molar-refractivity contribution in [3.05, 3.63) is 35.1 Å². The van der Waals surface area contributed by atoms with Gasteiger partial charge in [-0.15, -0.1) is 0 Å². The second-order valence-corrected chi connectivity index (χ2v) is 6.19. The number of nitrogens with two attached hydrogens (primary N) is 1. The molecule has 0 bridgehead atoms. The fourth-order valence-corrected chi connectivity index (χ4v) is 3.59. The lowest BCUT2D eigenvalue weighted by Crippen LogP contribution is -2.38. The van der Waals surface area contributed by atoms with Crippen LogP contribution in [0.4, 0.5) is 4.39 Å². The summed E-state index contributed by atoms with van der Waals surface area (Å²) < 4.78 is 13.6. The highest BCUT2D eigenvalue weighted by atomic mass is 19.1. The van der Waals surface area contributed by atoms with Gasteiger partial charge in [-0.3, -0.25) is 4.79 Å². The number of hydrogen-bond donors (Lipinski definition) is 1. The molecule has 1 saturated heterocycles. The molecule has 1 amide bonds. The normalized spacial score (nSPS) is 29.4. The lowest BCUT2D eigenvalue weighted by molar-refractivity contribution is 0.0783. The Morgan fingerprint density at radius 2 is 2.15 bits per heavy atom. The van der Waals surface area contributed by atoms with Crippen molar-refractivity contribution in [1.82, 2.24) is 4.90 Å². The molecule has 20 heavy (non-hydrogen) atoms. The predicted octanol–water partition coefficient (Wildman–Crippen LogP) is 2.33. The monoisotopic (exact) mass is 276 g/mol. The van der Waals surface area contributed by atoms with Crippen LogP contribution in [0.5, 0.6) is 0 Å². The molecule has 1 aliphatic carbocycles. The predicted molar refractivity (Wildman–Crippen MR) is 75.8 cm³/mol. The molecule has 1 aliphatic heterocycles. The van der Waals surface area contributed by atoms with Crippen LogP contribution in [0.3, 0.4) is 0 Å². The van der Waals surface area contributed by atoms with E-state index in [2.05, 4.69) is 0 Å². The van der Waals surface area contributed by atoms with Crippen LogP contribution in [-0.2, 0) is 0 Å². The van der Waals surface area contributed by atoms with Crippen LogP contribution in [-0.4, -0.2) is 29.9 Å². The summed E-state index contributed by atoms with van der Waals surface area (Å²) >= 11 is 0. The Morgan fingerprint density at radius 1 is 1.35 bits per heavy atom. The SMILES string of the molecule is Cc1ccc(C(=O)N2CC3CCCC(N)C3C2)cc1F. The van der Waals surface area contributed by atoms with Crippen LogP contribution in [0.1, 0.15) is 35.2 Å². The van der Waals surface area contributed by atoms with Crippen molar-refractivity contribution < 1.29 is 9.18 Å². The first-order valence-electron chi connectivity index (χ1n) is 7.37. The first-order chi connectivity index (χ1) is 9.56. The van der Waals surface area contributed by atoms with Crippen LogP contribution >= 0.6 is 0 Å². The Morgan fingerprint density at radius 3 is 2.85 bits per heavy atom. The topological polar surface area (TPSA) is 46.3 Å². The number of carbonyl (C=O) groups excluding carboxylic acids is 1. The molecule has 108 valence electrons. The average Bonchev–Trinajstić information content (AvgIpc) is 2.86. The molecule has 3 rings (SSSR count). The van der Waals surface area contributed by atoms with E-state index in [9.17, 15) is 9.18 Å². The second kappa shape index (κ2) is 5.17. The Balaban J connectivity index is 1.76. The molecule has 0 aromatic heterocycles. The minimum Gasteiger partial charge on any atom is -0.338 e. The van der Waals surface area contributed by atoms with Crippen molar-refractivity contribution in [3.8, 4) is 0 Å². The molecule has 1 aromatic rings. The Hall–Kier alpha value is -1.42. The van der Waals surface area contributed by atoms with Crippen LogP contribution in [0.15, 0.2) is 18.2 Å². The third kappa shape index (κ3) is 2.33. The summed E-state index contributed by atoms with van der Waals surface area (Å²) in [6.45, 7) is 3.19. The van der Waals surface area contributed by atoms with Crippen LogP contribution in [0.2, 0.25) is 0 Å². The third-order valence-electron chi connectivity index (χ3n) is 4.86. The number of carbonyl (C=O) groups is 1. The molecule has 2 N–H and O–H groups in total. The van der Waals surface area contributed by atoms with Gasteiger partial charge in [0.05, 0.1) is 0 Å². The molecule has 0 spiro atoms. The number of aryl methyl sites for hydroxylation is 1. The molecule has 2 fully saturated rings. The summed E-state index contributed by atoms with van der Waals surface area (Å²) in [5.74, 6) is 0.565. The van der Waals surface area contributed by atoms with Gasteiger partial charge in [0, 0.05) is 24.7 Å². The number of amides is 1. The average molecular weight is 276 g/mol. The number of halogens is 1. The highest BCUT2D eigenvalue weighted by molar-refractivity contribution is 5.94. The molecule has 3 atom stereocenters. The van der Waals surface area contributed by atoms with E-state index in [1.54, 1.807) is 19.1 Å². The summed E-state index contributed by atoms with van der Waals surface area (Å²) in [4.78, 5) is 14.3. The van der Waals surface area contributed by atoms with Crippen molar-refractivity contribution >= 4 is 5.91 Å². The number of fused-ring (bicyclic) bond motifs is 1. The first kappa shape index (κ1) is 13.6. The van der Waals surface area contributed by atoms with Gasteiger partial charge in [-0.2, -0.15) is 0 Å². The van der Waals surface area contributed by atoms with E-state index >= 15 is 0 Å². The quantitative estimate of drug-likeness (QED) is 0.855. The number of rotatable bonds is 1. The van der Waals surface area contributed by atoms with Crippen molar-refractivity contribution in [1.29, 1.82) is 0 Å². The highest BCUT2D eigenvalue weighted by Crippen LogP contribution is 2.36. The van der Waals surface area contributed by atoms with Crippen molar-refractivity contribution in [2.75, 3.05) is 13.1 Å². The van der Waals surface area contributed by atoms with Gasteiger partial charge < -0.3 is 10.6 Å². The first-order valence-corrected chi connectivity index (χ1v) is 7.37. The van der Waals surface area contributed by atoms with Crippen LogP contribution < -0.4 is 5.73 Å². The third-order valence-corrected chi connectivity index (χ3v) is 4.86. The summed E-state index contributed by atoms with van der Waals surface area (Å²) in [7, 11) is 0. The zero-order valence-corrected chi connectivity index (χ0v) is 11.8.